The van der Waals surface area contributed by atoms with Crippen molar-refractivity contribution in [2.75, 3.05) is 0 Å². The summed E-state index contributed by atoms with van der Waals surface area (Å²) < 4.78 is 12.1. The molecule has 0 aliphatic rings. The number of hydrogen-bond donors (Lipinski definition) is 0. The Morgan fingerprint density at radius 3 is 1.39 bits per heavy atom. The zero-order valence-corrected chi connectivity index (χ0v) is 20.2. The van der Waals surface area contributed by atoms with Crippen LogP contribution in [0.5, 0.6) is 0 Å². The highest BCUT2D eigenvalue weighted by molar-refractivity contribution is 7.94. The highest BCUT2D eigenvalue weighted by Crippen LogP contribution is 2.59. The van der Waals surface area contributed by atoms with Crippen molar-refractivity contribution in [2.24, 2.45) is 5.10 Å². The second-order valence-corrected chi connectivity index (χ2v) is 11.1. The molecule has 0 bridgehead atoms. The molecule has 0 aromatic heterocycles. The summed E-state index contributed by atoms with van der Waals surface area (Å²) in [6, 6.07) is 28.9. The van der Waals surface area contributed by atoms with Gasteiger partial charge in [-0.25, -0.2) is 9.90 Å². The fourth-order valence-corrected chi connectivity index (χ4v) is 7.35. The predicted molar refractivity (Wildman–Crippen MR) is 133 cm³/mol. The minimum absolute atomic E-state index is 0.387. The molecule has 0 saturated carbocycles. The maximum atomic E-state index is 13.6. The van der Waals surface area contributed by atoms with E-state index in [9.17, 15) is 9.90 Å². The third-order valence-corrected chi connectivity index (χ3v) is 8.64. The maximum absolute atomic E-state index is 13.6. The first-order valence-corrected chi connectivity index (χ1v) is 12.6. The lowest BCUT2D eigenvalue weighted by Gasteiger charge is -2.32. The first-order chi connectivity index (χ1) is 15.9. The van der Waals surface area contributed by atoms with Crippen molar-refractivity contribution in [1.29, 1.82) is 0 Å². The van der Waals surface area contributed by atoms with Gasteiger partial charge in [0.2, 0.25) is 7.41 Å². The van der Waals surface area contributed by atoms with Gasteiger partial charge in [-0.2, -0.15) is 0 Å². The molecule has 3 aromatic carbocycles. The fourth-order valence-electron chi connectivity index (χ4n) is 3.49. The summed E-state index contributed by atoms with van der Waals surface area (Å²) in [6.45, 7) is 6.99. The first-order valence-electron chi connectivity index (χ1n) is 10.8. The van der Waals surface area contributed by atoms with Crippen molar-refractivity contribution >= 4 is 35.5 Å². The Morgan fingerprint density at radius 2 is 1.06 bits per heavy atom. The highest BCUT2D eigenvalue weighted by Gasteiger charge is 2.56. The Bertz CT molecular complexity index is 961. The van der Waals surface area contributed by atoms with E-state index in [-0.39, 0.29) is 6.10 Å². The van der Waals surface area contributed by atoms with Gasteiger partial charge in [-0.15, -0.1) is 0 Å². The molecule has 7 heteroatoms. The van der Waals surface area contributed by atoms with E-state index in [1.807, 2.05) is 91.0 Å². The van der Waals surface area contributed by atoms with Crippen LogP contribution >= 0.6 is 7.41 Å². The van der Waals surface area contributed by atoms with E-state index in [2.05, 4.69) is 5.10 Å². The third kappa shape index (κ3) is 5.52. The monoisotopic (exact) mass is 464 g/mol. The van der Waals surface area contributed by atoms with Crippen LogP contribution in [0.3, 0.4) is 0 Å². The van der Waals surface area contributed by atoms with Crippen LogP contribution in [0.2, 0.25) is 0 Å². The molecule has 0 aliphatic heterocycles. The van der Waals surface area contributed by atoms with Crippen molar-refractivity contribution in [1.82, 2.24) is 4.78 Å². The van der Waals surface area contributed by atoms with E-state index in [0.717, 1.165) is 15.9 Å². The van der Waals surface area contributed by atoms with E-state index in [0.29, 0.717) is 0 Å². The smallest absolute Gasteiger partial charge is 0.444 e. The quantitative estimate of drug-likeness (QED) is 0.217. The van der Waals surface area contributed by atoms with Crippen molar-refractivity contribution in [3.63, 3.8) is 0 Å². The van der Waals surface area contributed by atoms with Crippen LogP contribution < -0.4 is 15.9 Å². The van der Waals surface area contributed by atoms with Crippen LogP contribution in [0.25, 0.3) is 0 Å². The van der Waals surface area contributed by atoms with Crippen LogP contribution in [-0.4, -0.2) is 29.2 Å². The Hall–Kier alpha value is -3.37. The van der Waals surface area contributed by atoms with Gasteiger partial charge in [-0.1, -0.05) is 59.7 Å². The van der Waals surface area contributed by atoms with Crippen molar-refractivity contribution in [2.45, 2.75) is 39.9 Å². The molecule has 0 atom stereocenters. The van der Waals surface area contributed by atoms with Crippen LogP contribution in [0, 0.1) is 0 Å². The number of nitrogens with zero attached hydrogens (tertiary/aromatic N) is 2. The number of hydrazone groups is 1. The summed E-state index contributed by atoms with van der Waals surface area (Å²) in [5.74, 6) is 0. The average molecular weight is 465 g/mol. The molecule has 0 N–H and O–H groups in total. The lowest BCUT2D eigenvalue weighted by molar-refractivity contribution is 0.0922. The van der Waals surface area contributed by atoms with E-state index >= 15 is 0 Å². The van der Waals surface area contributed by atoms with Gasteiger partial charge in [0.05, 0.1) is 12.2 Å². The molecule has 0 saturated heterocycles. The average Bonchev–Trinajstić information content (AvgIpc) is 2.80. The lowest BCUT2D eigenvalue weighted by Crippen LogP contribution is -2.45. The minimum Gasteiger partial charge on any atom is -0.444 e. The van der Waals surface area contributed by atoms with Gasteiger partial charge in [0.25, 0.3) is 0 Å². The molecule has 0 spiro atoms. The minimum atomic E-state index is -2.98. The Labute approximate surface area is 195 Å². The van der Waals surface area contributed by atoms with E-state index in [4.69, 9.17) is 9.47 Å². The molecule has 33 heavy (non-hydrogen) atoms. The summed E-state index contributed by atoms with van der Waals surface area (Å²) in [5.41, 5.74) is 0. The molecule has 6 nitrogen and oxygen atoms in total. The molecule has 3 rings (SSSR count). The number of amides is 1. The standard InChI is InChI=1S/C26H29N2O4P/c1-20(2)31-25(29)27-28(26(30)32-21(3)4)33(22-14-8-5-9-15-22,23-16-10-6-11-17-23)24-18-12-7-13-19-24/h5-21H,1-4H3/q+1. The summed E-state index contributed by atoms with van der Waals surface area (Å²) in [6.07, 6.45) is -2.35. The lowest BCUT2D eigenvalue weighted by atomic mass is 10.4. The molecule has 0 aliphatic carbocycles. The predicted octanol–water partition coefficient (Wildman–Crippen LogP) is 4.87. The Morgan fingerprint density at radius 1 is 0.697 bits per heavy atom. The van der Waals surface area contributed by atoms with Gasteiger partial charge in [0.15, 0.2) is 0 Å². The number of carbonyl (C=O) groups excluding carboxylic acids is 1. The Kier molecular flexibility index (Phi) is 8.07. The summed E-state index contributed by atoms with van der Waals surface area (Å²) in [5, 5.41) is 19.5. The van der Waals surface area contributed by atoms with Crippen LogP contribution in [0.15, 0.2) is 96.1 Å². The largest absolute Gasteiger partial charge is 0.465 e. The number of ether oxygens (including phenoxy) is 2. The molecule has 1 amide bonds. The highest BCUT2D eigenvalue weighted by atomic mass is 31.2. The Balaban J connectivity index is 2.40. The second-order valence-electron chi connectivity index (χ2n) is 7.90. The summed E-state index contributed by atoms with van der Waals surface area (Å²) in [7, 11) is -2.98. The molecular formula is C26H29N2O4P+. The van der Waals surface area contributed by atoms with E-state index < -0.39 is 25.7 Å². The zero-order valence-electron chi connectivity index (χ0n) is 19.3. The van der Waals surface area contributed by atoms with Gasteiger partial charge in [-0.3, -0.25) is 0 Å². The molecular weight excluding hydrogens is 435 g/mol. The van der Waals surface area contributed by atoms with Gasteiger partial charge in [0.1, 0.15) is 15.9 Å². The second kappa shape index (κ2) is 11.0. The molecule has 3 aromatic rings. The van der Waals surface area contributed by atoms with Gasteiger partial charge in [-0.05, 0) is 68.9 Å². The van der Waals surface area contributed by atoms with Crippen molar-refractivity contribution < 1.29 is 19.4 Å². The molecule has 0 heterocycles. The van der Waals surface area contributed by atoms with Gasteiger partial charge < -0.3 is 9.47 Å². The van der Waals surface area contributed by atoms with Crippen LogP contribution in [0.1, 0.15) is 27.7 Å². The number of benzene rings is 3. The third-order valence-electron chi connectivity index (χ3n) is 4.69. The van der Waals surface area contributed by atoms with Gasteiger partial charge >= 0.3 is 12.2 Å². The van der Waals surface area contributed by atoms with Gasteiger partial charge in [0, 0.05) is 0 Å². The summed E-state index contributed by atoms with van der Waals surface area (Å²) in [4.78, 5) is 13.6. The maximum Gasteiger partial charge on any atom is 0.465 e. The van der Waals surface area contributed by atoms with E-state index in [1.54, 1.807) is 27.7 Å². The summed E-state index contributed by atoms with van der Waals surface area (Å²) >= 11 is 0. The van der Waals surface area contributed by atoms with Crippen molar-refractivity contribution in [3.05, 3.63) is 91.0 Å². The fraction of sp³-hybridized carbons (Fsp3) is 0.231. The zero-order chi connectivity index (χ0) is 23.8. The normalized spacial score (nSPS) is 12.0. The molecule has 0 fully saturated rings. The SMILES string of the molecule is CC(C)OC(=O)N(N=C([O])OC(C)C)[P+](c1ccccc1)(c1ccccc1)c1ccccc1. The van der Waals surface area contributed by atoms with Crippen LogP contribution in [-0.2, 0) is 14.6 Å². The topological polar surface area (TPSA) is 71.0 Å². The van der Waals surface area contributed by atoms with Crippen LogP contribution in [0.4, 0.5) is 4.79 Å². The van der Waals surface area contributed by atoms with Crippen molar-refractivity contribution in [3.8, 4) is 0 Å². The number of carbonyl (C=O) groups is 1. The first kappa shape index (κ1) is 24.3. The van der Waals surface area contributed by atoms with E-state index in [1.165, 1.54) is 4.78 Å². The molecule has 1 radical (unpaired) electrons. The molecule has 0 unspecified atom stereocenters. The number of rotatable bonds is 7. The molecule has 171 valence electrons. The number of hydrogen-bond acceptors (Lipinski definition) is 4.